The summed E-state index contributed by atoms with van der Waals surface area (Å²) in [5, 5.41) is 9.58. The standard InChI is InChI=1S/C13H11F2NO3S/c1-8-5-6-11(17)12(7-8)20(18,19)16-13-9(14)3-2-4-10(13)15/h2-7,16-17H,1H3. The van der Waals surface area contributed by atoms with Crippen molar-refractivity contribution in [2.75, 3.05) is 4.72 Å². The van der Waals surface area contributed by atoms with E-state index < -0.39 is 38.0 Å². The third-order valence-corrected chi connectivity index (χ3v) is 3.98. The number of hydrogen-bond donors (Lipinski definition) is 2. The third kappa shape index (κ3) is 2.72. The van der Waals surface area contributed by atoms with Crippen LogP contribution in [0.1, 0.15) is 5.56 Å². The van der Waals surface area contributed by atoms with Gasteiger partial charge in [0.1, 0.15) is 28.0 Å². The molecule has 106 valence electrons. The van der Waals surface area contributed by atoms with Gasteiger partial charge in [-0.2, -0.15) is 0 Å². The number of hydrogen-bond acceptors (Lipinski definition) is 3. The lowest BCUT2D eigenvalue weighted by molar-refractivity contribution is 0.458. The zero-order chi connectivity index (χ0) is 14.9. The van der Waals surface area contributed by atoms with Gasteiger partial charge in [-0.3, -0.25) is 4.72 Å². The SMILES string of the molecule is Cc1ccc(O)c(S(=O)(=O)Nc2c(F)cccc2F)c1. The molecule has 0 aromatic heterocycles. The molecule has 0 bridgehead atoms. The predicted molar refractivity (Wildman–Crippen MR) is 70.0 cm³/mol. The van der Waals surface area contributed by atoms with Crippen molar-refractivity contribution < 1.29 is 22.3 Å². The number of halogens is 2. The van der Waals surface area contributed by atoms with Crippen molar-refractivity contribution in [1.29, 1.82) is 0 Å². The van der Waals surface area contributed by atoms with Crippen molar-refractivity contribution in [3.05, 3.63) is 53.6 Å². The Morgan fingerprint density at radius 3 is 2.30 bits per heavy atom. The monoisotopic (exact) mass is 299 g/mol. The summed E-state index contributed by atoms with van der Waals surface area (Å²) in [5.74, 6) is -2.58. The zero-order valence-corrected chi connectivity index (χ0v) is 11.2. The van der Waals surface area contributed by atoms with Gasteiger partial charge in [0.2, 0.25) is 0 Å². The van der Waals surface area contributed by atoms with E-state index in [1.165, 1.54) is 18.2 Å². The largest absolute Gasteiger partial charge is 0.507 e. The number of nitrogens with one attached hydrogen (secondary N) is 1. The highest BCUT2D eigenvalue weighted by Crippen LogP contribution is 2.27. The van der Waals surface area contributed by atoms with Gasteiger partial charge in [0.25, 0.3) is 10.0 Å². The highest BCUT2D eigenvalue weighted by Gasteiger charge is 2.22. The Morgan fingerprint density at radius 2 is 1.70 bits per heavy atom. The number of aryl methyl sites for hydroxylation is 1. The first kappa shape index (κ1) is 14.3. The van der Waals surface area contributed by atoms with Crippen LogP contribution in [0.4, 0.5) is 14.5 Å². The first-order valence-electron chi connectivity index (χ1n) is 5.58. The molecule has 0 saturated carbocycles. The second-order valence-corrected chi connectivity index (χ2v) is 5.82. The van der Waals surface area contributed by atoms with Gasteiger partial charge in [-0.25, -0.2) is 17.2 Å². The van der Waals surface area contributed by atoms with Crippen molar-refractivity contribution in [2.45, 2.75) is 11.8 Å². The lowest BCUT2D eigenvalue weighted by Gasteiger charge is -2.11. The fourth-order valence-electron chi connectivity index (χ4n) is 1.62. The van der Waals surface area contributed by atoms with E-state index in [1.54, 1.807) is 11.6 Å². The minimum Gasteiger partial charge on any atom is -0.507 e. The summed E-state index contributed by atoms with van der Waals surface area (Å²) in [6.07, 6.45) is 0. The molecule has 0 unspecified atom stereocenters. The first-order chi connectivity index (χ1) is 9.31. The summed E-state index contributed by atoms with van der Waals surface area (Å²) >= 11 is 0. The van der Waals surface area contributed by atoms with Crippen LogP contribution in [-0.2, 0) is 10.0 Å². The fourth-order valence-corrected chi connectivity index (χ4v) is 2.88. The molecule has 2 N–H and O–H groups in total. The maximum Gasteiger partial charge on any atom is 0.265 e. The molecule has 0 amide bonds. The van der Waals surface area contributed by atoms with Crippen molar-refractivity contribution in [1.82, 2.24) is 0 Å². The number of sulfonamides is 1. The Labute approximate surface area is 114 Å². The number of rotatable bonds is 3. The van der Waals surface area contributed by atoms with E-state index >= 15 is 0 Å². The Morgan fingerprint density at radius 1 is 1.10 bits per heavy atom. The molecule has 0 saturated heterocycles. The summed E-state index contributed by atoms with van der Waals surface area (Å²) in [4.78, 5) is -0.444. The van der Waals surface area contributed by atoms with Crippen molar-refractivity contribution >= 4 is 15.7 Å². The van der Waals surface area contributed by atoms with Crippen LogP contribution in [0.25, 0.3) is 0 Å². The maximum absolute atomic E-state index is 13.4. The number of anilines is 1. The maximum atomic E-state index is 13.4. The molecule has 2 rings (SSSR count). The van der Waals surface area contributed by atoms with Crippen LogP contribution in [0.2, 0.25) is 0 Å². The quantitative estimate of drug-likeness (QED) is 0.916. The molecular formula is C13H11F2NO3S. The van der Waals surface area contributed by atoms with Crippen LogP contribution >= 0.6 is 0 Å². The number of aromatic hydroxyl groups is 1. The van der Waals surface area contributed by atoms with E-state index in [-0.39, 0.29) is 0 Å². The van der Waals surface area contributed by atoms with Crippen molar-refractivity contribution in [3.63, 3.8) is 0 Å². The minimum absolute atomic E-state index is 0.444. The molecule has 2 aromatic rings. The summed E-state index contributed by atoms with van der Waals surface area (Å²) in [7, 11) is -4.29. The van der Waals surface area contributed by atoms with Gasteiger partial charge in [0.05, 0.1) is 0 Å². The molecule has 2 aromatic carbocycles. The molecular weight excluding hydrogens is 288 g/mol. The van der Waals surface area contributed by atoms with Crippen LogP contribution in [0.15, 0.2) is 41.3 Å². The molecule has 7 heteroatoms. The summed E-state index contributed by atoms with van der Waals surface area (Å²) in [6.45, 7) is 1.63. The van der Waals surface area contributed by atoms with Gasteiger partial charge in [-0.15, -0.1) is 0 Å². The Bertz CT molecular complexity index is 740. The van der Waals surface area contributed by atoms with Crippen LogP contribution in [0, 0.1) is 18.6 Å². The van der Waals surface area contributed by atoms with Gasteiger partial charge < -0.3 is 5.11 Å². The normalized spacial score (nSPS) is 11.3. The predicted octanol–water partition coefficient (Wildman–Crippen LogP) is 2.78. The van der Waals surface area contributed by atoms with Gasteiger partial charge in [-0.05, 0) is 36.8 Å². The van der Waals surface area contributed by atoms with Crippen LogP contribution in [-0.4, -0.2) is 13.5 Å². The zero-order valence-electron chi connectivity index (χ0n) is 10.4. The highest BCUT2D eigenvalue weighted by molar-refractivity contribution is 7.92. The first-order valence-corrected chi connectivity index (χ1v) is 7.06. The number of benzene rings is 2. The van der Waals surface area contributed by atoms with E-state index in [4.69, 9.17) is 0 Å². The summed E-state index contributed by atoms with van der Waals surface area (Å²) in [5.41, 5.74) is -0.203. The molecule has 0 fully saturated rings. The molecule has 0 aliphatic heterocycles. The van der Waals surface area contributed by atoms with E-state index in [1.807, 2.05) is 0 Å². The number of para-hydroxylation sites is 1. The summed E-state index contributed by atoms with van der Waals surface area (Å²) in [6, 6.07) is 6.89. The van der Waals surface area contributed by atoms with Gasteiger partial charge in [0.15, 0.2) is 0 Å². The Balaban J connectivity index is 2.49. The van der Waals surface area contributed by atoms with Crippen molar-refractivity contribution in [2.24, 2.45) is 0 Å². The molecule has 0 aliphatic carbocycles. The van der Waals surface area contributed by atoms with Gasteiger partial charge >= 0.3 is 0 Å². The number of phenolic OH excluding ortho intramolecular Hbond substituents is 1. The fraction of sp³-hybridized carbons (Fsp3) is 0.0769. The third-order valence-electron chi connectivity index (χ3n) is 2.60. The Kier molecular flexibility index (Phi) is 3.63. The van der Waals surface area contributed by atoms with E-state index in [0.717, 1.165) is 18.2 Å². The minimum atomic E-state index is -4.29. The van der Waals surface area contributed by atoms with E-state index in [9.17, 15) is 22.3 Å². The van der Waals surface area contributed by atoms with Crippen LogP contribution < -0.4 is 4.72 Å². The summed E-state index contributed by atoms with van der Waals surface area (Å²) < 4.78 is 52.8. The van der Waals surface area contributed by atoms with Crippen molar-refractivity contribution in [3.8, 4) is 5.75 Å². The van der Waals surface area contributed by atoms with Crippen LogP contribution in [0.5, 0.6) is 5.75 Å². The van der Waals surface area contributed by atoms with E-state index in [2.05, 4.69) is 0 Å². The molecule has 4 nitrogen and oxygen atoms in total. The molecule has 0 radical (unpaired) electrons. The topological polar surface area (TPSA) is 66.4 Å². The molecule has 0 spiro atoms. The molecule has 0 atom stereocenters. The second-order valence-electron chi connectivity index (χ2n) is 4.17. The molecule has 0 aliphatic rings. The average molecular weight is 299 g/mol. The van der Waals surface area contributed by atoms with Gasteiger partial charge in [-0.1, -0.05) is 12.1 Å². The van der Waals surface area contributed by atoms with Crippen LogP contribution in [0.3, 0.4) is 0 Å². The number of phenols is 1. The second kappa shape index (κ2) is 5.09. The average Bonchev–Trinajstić information content (AvgIpc) is 2.37. The smallest absolute Gasteiger partial charge is 0.265 e. The molecule has 0 heterocycles. The van der Waals surface area contributed by atoms with E-state index in [0.29, 0.717) is 5.56 Å². The lowest BCUT2D eigenvalue weighted by Crippen LogP contribution is -2.15. The Hall–Kier alpha value is -2.15. The van der Waals surface area contributed by atoms with Gasteiger partial charge in [0, 0.05) is 0 Å². The molecule has 20 heavy (non-hydrogen) atoms. The highest BCUT2D eigenvalue weighted by atomic mass is 32.2. The lowest BCUT2D eigenvalue weighted by atomic mass is 10.2.